The summed E-state index contributed by atoms with van der Waals surface area (Å²) in [5, 5.41) is 13.4. The predicted molar refractivity (Wildman–Crippen MR) is 77.8 cm³/mol. The maximum Gasteiger partial charge on any atom is 1.00 e. The van der Waals surface area contributed by atoms with Crippen LogP contribution in [0.15, 0.2) is 42.5 Å². The van der Waals surface area contributed by atoms with Crippen molar-refractivity contribution in [3.8, 4) is 0 Å². The van der Waals surface area contributed by atoms with Gasteiger partial charge in [0.2, 0.25) is 0 Å². The molecule has 0 aromatic heterocycles. The molecule has 0 spiro atoms. The molecule has 0 amide bonds. The van der Waals surface area contributed by atoms with Gasteiger partial charge in [0, 0.05) is 5.30 Å². The molecule has 0 unspecified atom stereocenters. The van der Waals surface area contributed by atoms with E-state index >= 15 is 0 Å². The van der Waals surface area contributed by atoms with E-state index in [0.29, 0.717) is 0 Å². The molecule has 2 aromatic carbocycles. The summed E-state index contributed by atoms with van der Waals surface area (Å²) >= 11 is 0. The molecule has 2 rings (SSSR count). The largest absolute Gasteiger partial charge is 1.00 e. The first-order valence-electron chi connectivity index (χ1n) is 5.97. The Morgan fingerprint density at radius 2 is 1.47 bits per heavy atom. The fourth-order valence-electron chi connectivity index (χ4n) is 2.19. The van der Waals surface area contributed by atoms with Crippen LogP contribution in [0.1, 0.15) is 22.3 Å². The molecule has 2 aromatic rings. The van der Waals surface area contributed by atoms with Gasteiger partial charge in [-0.3, -0.25) is 0 Å². The molecule has 0 saturated heterocycles. The molecule has 1 nitrogen and oxygen atoms in total. The second-order valence-corrected chi connectivity index (χ2v) is 5.67. The average molecular weight is 278 g/mol. The zero-order valence-electron chi connectivity index (χ0n) is 11.9. The van der Waals surface area contributed by atoms with Gasteiger partial charge in [-0.05, 0) is 37.5 Å². The normalized spacial score (nSPS) is 11.1. The van der Waals surface area contributed by atoms with Crippen LogP contribution in [-0.4, -0.2) is 5.48 Å². The van der Waals surface area contributed by atoms with Crippen LogP contribution in [0.2, 0.25) is 0 Å². The van der Waals surface area contributed by atoms with Crippen LogP contribution in [0.3, 0.4) is 0 Å². The minimum atomic E-state index is 0. The van der Waals surface area contributed by atoms with E-state index in [-0.39, 0.29) is 35.0 Å². The van der Waals surface area contributed by atoms with Gasteiger partial charge < -0.3 is 5.11 Å². The molecule has 0 aliphatic heterocycles. The van der Waals surface area contributed by atoms with Crippen molar-refractivity contribution in [3.05, 3.63) is 64.7 Å². The molecular formula is C16H16NaOP. The SMILES string of the molecule is Cc1cc(C)c(C([O-])=Pc2ccccc2)c(C)c1.[Na+]. The topological polar surface area (TPSA) is 23.1 Å². The van der Waals surface area contributed by atoms with Crippen LogP contribution in [0.5, 0.6) is 0 Å². The first kappa shape index (κ1) is 16.6. The van der Waals surface area contributed by atoms with Crippen LogP contribution in [0, 0.1) is 20.8 Å². The minimum absolute atomic E-state index is 0. The molecule has 0 radical (unpaired) electrons. The van der Waals surface area contributed by atoms with Crippen molar-refractivity contribution >= 4 is 19.0 Å². The molecule has 0 heterocycles. The van der Waals surface area contributed by atoms with Gasteiger partial charge in [-0.15, -0.1) is 5.48 Å². The van der Waals surface area contributed by atoms with Crippen molar-refractivity contribution < 1.29 is 34.7 Å². The number of hydrogen-bond acceptors (Lipinski definition) is 1. The van der Waals surface area contributed by atoms with Crippen LogP contribution >= 0.6 is 8.20 Å². The van der Waals surface area contributed by atoms with Gasteiger partial charge in [0.05, 0.1) is 0 Å². The van der Waals surface area contributed by atoms with Crippen molar-refractivity contribution in [2.45, 2.75) is 20.8 Å². The van der Waals surface area contributed by atoms with Gasteiger partial charge in [-0.1, -0.05) is 56.2 Å². The van der Waals surface area contributed by atoms with Gasteiger partial charge in [-0.25, -0.2) is 0 Å². The zero-order valence-corrected chi connectivity index (χ0v) is 14.8. The van der Waals surface area contributed by atoms with Crippen molar-refractivity contribution in [2.75, 3.05) is 0 Å². The summed E-state index contributed by atoms with van der Waals surface area (Å²) in [5.41, 5.74) is 4.39. The fourth-order valence-corrected chi connectivity index (χ4v) is 3.21. The molecule has 0 N–H and O–H groups in total. The van der Waals surface area contributed by atoms with Gasteiger partial charge in [0.1, 0.15) is 0 Å². The fraction of sp³-hybridized carbons (Fsp3) is 0.188. The second kappa shape index (κ2) is 7.38. The smallest absolute Gasteiger partial charge is 0.823 e. The molecular weight excluding hydrogens is 262 g/mol. The maximum atomic E-state index is 12.4. The predicted octanol–water partition coefficient (Wildman–Crippen LogP) is -0.274. The Morgan fingerprint density at radius 3 is 2.00 bits per heavy atom. The molecule has 0 aliphatic rings. The first-order valence-corrected chi connectivity index (χ1v) is 6.86. The summed E-state index contributed by atoms with van der Waals surface area (Å²) in [4.78, 5) is 0. The standard InChI is InChI=1S/C16H17OP.Na/c1-11-9-12(2)15(13(3)10-11)16(17)18-14-7-5-4-6-8-14;/h4-10,17H,1-3H3;/q;+1/p-1. The van der Waals surface area contributed by atoms with Gasteiger partial charge >= 0.3 is 29.6 Å². The van der Waals surface area contributed by atoms with E-state index in [9.17, 15) is 5.11 Å². The monoisotopic (exact) mass is 278 g/mol. The van der Waals surface area contributed by atoms with Gasteiger partial charge in [0.15, 0.2) is 0 Å². The summed E-state index contributed by atoms with van der Waals surface area (Å²) in [6.45, 7) is 6.07. The van der Waals surface area contributed by atoms with E-state index in [0.717, 1.165) is 30.2 Å². The summed E-state index contributed by atoms with van der Waals surface area (Å²) in [6, 6.07) is 14.0. The Labute approximate surface area is 138 Å². The number of hydrogen-bond donors (Lipinski definition) is 0. The van der Waals surface area contributed by atoms with E-state index in [2.05, 4.69) is 19.1 Å². The molecule has 0 bridgehead atoms. The molecule has 0 saturated carbocycles. The molecule has 3 heteroatoms. The van der Waals surface area contributed by atoms with Crippen LogP contribution in [0.25, 0.3) is 0 Å². The van der Waals surface area contributed by atoms with Gasteiger partial charge in [-0.2, -0.15) is 0 Å². The average Bonchev–Trinajstić information content (AvgIpc) is 2.28. The Bertz CT molecular complexity index is 568. The maximum absolute atomic E-state index is 12.4. The van der Waals surface area contributed by atoms with Crippen molar-refractivity contribution in [2.24, 2.45) is 0 Å². The van der Waals surface area contributed by atoms with Crippen LogP contribution in [-0.2, 0) is 0 Å². The second-order valence-electron chi connectivity index (χ2n) is 4.53. The molecule has 0 atom stereocenters. The van der Waals surface area contributed by atoms with Crippen LogP contribution in [0.4, 0.5) is 0 Å². The Hall–Kier alpha value is -0.430. The summed E-state index contributed by atoms with van der Waals surface area (Å²) in [5.74, 6) is 0. The van der Waals surface area contributed by atoms with E-state index < -0.39 is 0 Å². The van der Waals surface area contributed by atoms with Crippen molar-refractivity contribution in [1.82, 2.24) is 0 Å². The molecule has 19 heavy (non-hydrogen) atoms. The summed E-state index contributed by atoms with van der Waals surface area (Å²) in [7, 11) is 0.749. The van der Waals surface area contributed by atoms with Crippen molar-refractivity contribution in [1.29, 1.82) is 0 Å². The Balaban J connectivity index is 0.00000180. The molecule has 92 valence electrons. The Kier molecular flexibility index (Phi) is 6.46. The third-order valence-corrected chi connectivity index (χ3v) is 3.86. The third-order valence-electron chi connectivity index (χ3n) is 2.88. The van der Waals surface area contributed by atoms with E-state index in [1.54, 1.807) is 0 Å². The number of aryl methyl sites for hydroxylation is 3. The summed E-state index contributed by atoms with van der Waals surface area (Å²) < 4.78 is 0. The quantitative estimate of drug-likeness (QED) is 0.548. The van der Waals surface area contributed by atoms with Crippen molar-refractivity contribution in [3.63, 3.8) is 0 Å². The van der Waals surface area contributed by atoms with E-state index in [1.165, 1.54) is 5.56 Å². The first-order chi connectivity index (χ1) is 8.58. The van der Waals surface area contributed by atoms with E-state index in [4.69, 9.17) is 0 Å². The van der Waals surface area contributed by atoms with Crippen LogP contribution < -0.4 is 40.0 Å². The van der Waals surface area contributed by atoms with E-state index in [1.807, 2.05) is 44.2 Å². The zero-order chi connectivity index (χ0) is 13.1. The Morgan fingerprint density at radius 1 is 0.947 bits per heavy atom. The molecule has 0 fully saturated rings. The third kappa shape index (κ3) is 4.27. The van der Waals surface area contributed by atoms with Gasteiger partial charge in [0.25, 0.3) is 0 Å². The number of rotatable bonds is 2. The molecule has 0 aliphatic carbocycles. The minimum Gasteiger partial charge on any atom is -0.823 e. The summed E-state index contributed by atoms with van der Waals surface area (Å²) in [6.07, 6.45) is 0. The number of benzene rings is 2.